The van der Waals surface area contributed by atoms with Crippen molar-refractivity contribution in [3.05, 3.63) is 29.8 Å². The van der Waals surface area contributed by atoms with Gasteiger partial charge in [0.05, 0.1) is 6.61 Å². The summed E-state index contributed by atoms with van der Waals surface area (Å²) in [5.74, 6) is 1.73. The maximum atomic E-state index is 5.80. The zero-order valence-electron chi connectivity index (χ0n) is 14.5. The fourth-order valence-corrected chi connectivity index (χ4v) is 2.16. The van der Waals surface area contributed by atoms with Gasteiger partial charge in [0.1, 0.15) is 5.75 Å². The number of rotatable bonds is 9. The number of hydrogen-bond acceptors (Lipinski definition) is 2. The minimum absolute atomic E-state index is 0.210. The lowest BCUT2D eigenvalue weighted by Crippen LogP contribution is -2.20. The third kappa shape index (κ3) is 8.11. The van der Waals surface area contributed by atoms with E-state index in [1.165, 1.54) is 18.4 Å². The van der Waals surface area contributed by atoms with E-state index in [0.717, 1.165) is 37.8 Å². The number of unbranched alkanes of at least 4 members (excludes halogenated alkanes) is 2. The van der Waals surface area contributed by atoms with Gasteiger partial charge in [-0.25, -0.2) is 0 Å². The average molecular weight is 291 g/mol. The van der Waals surface area contributed by atoms with E-state index in [1.807, 2.05) is 0 Å². The lowest BCUT2D eigenvalue weighted by atomic mass is 9.87. The zero-order valence-corrected chi connectivity index (χ0v) is 14.5. The largest absolute Gasteiger partial charge is 0.494 e. The summed E-state index contributed by atoms with van der Waals surface area (Å²) in [4.78, 5) is 0. The Kier molecular flexibility index (Phi) is 7.81. The van der Waals surface area contributed by atoms with Crippen LogP contribution in [0.5, 0.6) is 5.75 Å². The molecule has 0 aliphatic carbocycles. The topological polar surface area (TPSA) is 21.3 Å². The maximum absolute atomic E-state index is 5.80. The van der Waals surface area contributed by atoms with Gasteiger partial charge in [-0.05, 0) is 61.4 Å². The van der Waals surface area contributed by atoms with Crippen LogP contribution >= 0.6 is 0 Å². The summed E-state index contributed by atoms with van der Waals surface area (Å²) in [6, 6.07) is 8.52. The lowest BCUT2D eigenvalue weighted by molar-refractivity contribution is 0.304. The molecule has 0 aliphatic rings. The molecule has 2 heteroatoms. The van der Waals surface area contributed by atoms with Gasteiger partial charge in [-0.2, -0.15) is 0 Å². The Morgan fingerprint density at radius 2 is 1.67 bits per heavy atom. The molecular weight excluding hydrogens is 258 g/mol. The minimum Gasteiger partial charge on any atom is -0.494 e. The molecule has 1 N–H and O–H groups in total. The van der Waals surface area contributed by atoms with Crippen molar-refractivity contribution < 1.29 is 4.74 Å². The van der Waals surface area contributed by atoms with E-state index >= 15 is 0 Å². The van der Waals surface area contributed by atoms with E-state index in [9.17, 15) is 0 Å². The molecular formula is C19H33NO. The predicted octanol–water partition coefficient (Wildman–Crippen LogP) is 4.78. The van der Waals surface area contributed by atoms with Crippen LogP contribution in [0, 0.1) is 5.92 Å². The molecule has 120 valence electrons. The van der Waals surface area contributed by atoms with Gasteiger partial charge in [0.2, 0.25) is 0 Å². The van der Waals surface area contributed by atoms with E-state index < -0.39 is 0 Å². The quantitative estimate of drug-likeness (QED) is 0.661. The van der Waals surface area contributed by atoms with Crippen LogP contribution in [0.1, 0.15) is 59.4 Å². The molecule has 1 aromatic rings. The van der Waals surface area contributed by atoms with Crippen LogP contribution in [0.2, 0.25) is 0 Å². The number of hydrogen-bond donors (Lipinski definition) is 1. The van der Waals surface area contributed by atoms with Gasteiger partial charge in [-0.15, -0.1) is 0 Å². The van der Waals surface area contributed by atoms with Gasteiger partial charge in [-0.3, -0.25) is 0 Å². The monoisotopic (exact) mass is 291 g/mol. The van der Waals surface area contributed by atoms with Crippen LogP contribution in [0.4, 0.5) is 0 Å². The van der Waals surface area contributed by atoms with E-state index in [4.69, 9.17) is 4.74 Å². The minimum atomic E-state index is 0.210. The molecule has 0 aromatic heterocycles. The Hall–Kier alpha value is -1.02. The Morgan fingerprint density at radius 1 is 1.00 bits per heavy atom. The number of benzene rings is 1. The molecule has 0 radical (unpaired) electrons. The normalized spacial score (nSPS) is 11.9. The summed E-state index contributed by atoms with van der Waals surface area (Å²) in [5, 5.41) is 3.47. The Morgan fingerprint density at radius 3 is 2.24 bits per heavy atom. The Bertz CT molecular complexity index is 376. The van der Waals surface area contributed by atoms with E-state index in [2.05, 4.69) is 64.2 Å². The van der Waals surface area contributed by atoms with Crippen LogP contribution in [0.25, 0.3) is 0 Å². The van der Waals surface area contributed by atoms with Crippen molar-refractivity contribution in [1.82, 2.24) is 5.32 Å². The van der Waals surface area contributed by atoms with Gasteiger partial charge in [-0.1, -0.05) is 46.8 Å². The molecule has 21 heavy (non-hydrogen) atoms. The number of ether oxygens (including phenoxy) is 1. The second-order valence-corrected chi connectivity index (χ2v) is 7.28. The highest BCUT2D eigenvalue weighted by molar-refractivity contribution is 5.31. The molecule has 1 rings (SSSR count). The first kappa shape index (κ1) is 18.0. The molecule has 0 saturated heterocycles. The van der Waals surface area contributed by atoms with Crippen LogP contribution in [-0.2, 0) is 5.41 Å². The van der Waals surface area contributed by atoms with Crippen molar-refractivity contribution in [1.29, 1.82) is 0 Å². The molecule has 0 bridgehead atoms. The standard InChI is InChI=1S/C19H33NO/c1-16(2)15-20-13-7-6-8-14-21-18-11-9-17(10-12-18)19(3,4)5/h9-12,16,20H,6-8,13-15H2,1-5H3. The Balaban J connectivity index is 2.10. The highest BCUT2D eigenvalue weighted by atomic mass is 16.5. The van der Waals surface area contributed by atoms with Crippen LogP contribution < -0.4 is 10.1 Å². The summed E-state index contributed by atoms with van der Waals surface area (Å²) in [7, 11) is 0. The molecule has 0 unspecified atom stereocenters. The first-order chi connectivity index (χ1) is 9.89. The van der Waals surface area contributed by atoms with Crippen LogP contribution in [-0.4, -0.2) is 19.7 Å². The van der Waals surface area contributed by atoms with Gasteiger partial charge in [0.25, 0.3) is 0 Å². The highest BCUT2D eigenvalue weighted by Crippen LogP contribution is 2.24. The second-order valence-electron chi connectivity index (χ2n) is 7.28. The molecule has 0 fully saturated rings. The fourth-order valence-electron chi connectivity index (χ4n) is 2.16. The van der Waals surface area contributed by atoms with Crippen molar-refractivity contribution in [3.8, 4) is 5.75 Å². The summed E-state index contributed by atoms with van der Waals surface area (Å²) in [6.45, 7) is 14.2. The second kappa shape index (κ2) is 9.09. The smallest absolute Gasteiger partial charge is 0.119 e. The fraction of sp³-hybridized carbons (Fsp3) is 0.684. The summed E-state index contributed by atoms with van der Waals surface area (Å²) in [6.07, 6.45) is 3.59. The molecule has 0 heterocycles. The summed E-state index contributed by atoms with van der Waals surface area (Å²) < 4.78 is 5.80. The van der Waals surface area contributed by atoms with Gasteiger partial charge in [0.15, 0.2) is 0 Å². The van der Waals surface area contributed by atoms with Crippen molar-refractivity contribution in [2.24, 2.45) is 5.92 Å². The van der Waals surface area contributed by atoms with Gasteiger partial charge < -0.3 is 10.1 Å². The van der Waals surface area contributed by atoms with E-state index in [1.54, 1.807) is 0 Å². The first-order valence-corrected chi connectivity index (χ1v) is 8.33. The van der Waals surface area contributed by atoms with E-state index in [-0.39, 0.29) is 5.41 Å². The Labute approximate surface area is 131 Å². The van der Waals surface area contributed by atoms with Gasteiger partial charge >= 0.3 is 0 Å². The third-order valence-corrected chi connectivity index (χ3v) is 3.54. The van der Waals surface area contributed by atoms with Crippen molar-refractivity contribution >= 4 is 0 Å². The summed E-state index contributed by atoms with van der Waals surface area (Å²) >= 11 is 0. The zero-order chi connectivity index (χ0) is 15.7. The van der Waals surface area contributed by atoms with Crippen LogP contribution in [0.3, 0.4) is 0 Å². The van der Waals surface area contributed by atoms with Gasteiger partial charge in [0, 0.05) is 0 Å². The van der Waals surface area contributed by atoms with Crippen LogP contribution in [0.15, 0.2) is 24.3 Å². The van der Waals surface area contributed by atoms with Crippen molar-refractivity contribution in [3.63, 3.8) is 0 Å². The number of nitrogens with one attached hydrogen (secondary N) is 1. The predicted molar refractivity (Wildman–Crippen MR) is 92.2 cm³/mol. The molecule has 0 saturated carbocycles. The third-order valence-electron chi connectivity index (χ3n) is 3.54. The highest BCUT2D eigenvalue weighted by Gasteiger charge is 2.12. The van der Waals surface area contributed by atoms with E-state index in [0.29, 0.717) is 0 Å². The molecule has 0 atom stereocenters. The molecule has 1 aromatic carbocycles. The average Bonchev–Trinajstić information content (AvgIpc) is 2.41. The molecule has 0 amide bonds. The first-order valence-electron chi connectivity index (χ1n) is 8.33. The van der Waals surface area contributed by atoms with Crippen molar-refractivity contribution in [2.75, 3.05) is 19.7 Å². The molecule has 0 aliphatic heterocycles. The molecule has 0 spiro atoms. The maximum Gasteiger partial charge on any atom is 0.119 e. The SMILES string of the molecule is CC(C)CNCCCCCOc1ccc(C(C)(C)C)cc1. The van der Waals surface area contributed by atoms with Crippen molar-refractivity contribution in [2.45, 2.75) is 59.3 Å². The lowest BCUT2D eigenvalue weighted by Gasteiger charge is -2.19. The summed E-state index contributed by atoms with van der Waals surface area (Å²) in [5.41, 5.74) is 1.56. The molecule has 2 nitrogen and oxygen atoms in total.